The molecular formula is C12H13ClN2OS. The third-order valence-electron chi connectivity index (χ3n) is 3.14. The monoisotopic (exact) mass is 268 g/mol. The van der Waals surface area contributed by atoms with Crippen molar-refractivity contribution in [1.29, 1.82) is 0 Å². The quantitative estimate of drug-likeness (QED) is 0.909. The Hall–Kier alpha value is -0.840. The lowest BCUT2D eigenvalue weighted by atomic mass is 10.1. The Morgan fingerprint density at radius 3 is 3.00 bits per heavy atom. The highest BCUT2D eigenvalue weighted by atomic mass is 35.5. The van der Waals surface area contributed by atoms with Gasteiger partial charge in [0.25, 0.3) is 0 Å². The summed E-state index contributed by atoms with van der Waals surface area (Å²) in [4.78, 5) is 5.64. The van der Waals surface area contributed by atoms with Gasteiger partial charge in [-0.3, -0.25) is 0 Å². The van der Waals surface area contributed by atoms with Crippen LogP contribution in [0.15, 0.2) is 12.1 Å². The van der Waals surface area contributed by atoms with Crippen LogP contribution in [-0.2, 0) is 19.6 Å². The van der Waals surface area contributed by atoms with E-state index in [4.69, 9.17) is 11.6 Å². The van der Waals surface area contributed by atoms with Crippen LogP contribution in [0, 0.1) is 0 Å². The molecule has 2 aromatic rings. The highest BCUT2D eigenvalue weighted by Gasteiger charge is 2.20. The zero-order valence-electron chi connectivity index (χ0n) is 9.32. The van der Waals surface area contributed by atoms with Gasteiger partial charge in [-0.1, -0.05) is 11.6 Å². The third kappa shape index (κ3) is 1.90. The van der Waals surface area contributed by atoms with E-state index in [0.717, 1.165) is 33.7 Å². The van der Waals surface area contributed by atoms with Gasteiger partial charge in [0.15, 0.2) is 5.82 Å². The smallest absolute Gasteiger partial charge is 0.150 e. The van der Waals surface area contributed by atoms with Crippen molar-refractivity contribution < 1.29 is 5.11 Å². The molecule has 0 fully saturated rings. The van der Waals surface area contributed by atoms with Crippen LogP contribution in [0.5, 0.6) is 0 Å². The second-order valence-corrected chi connectivity index (χ2v) is 5.91. The van der Waals surface area contributed by atoms with Crippen molar-refractivity contribution in [2.45, 2.75) is 32.4 Å². The number of aromatic nitrogens is 2. The van der Waals surface area contributed by atoms with Crippen LogP contribution >= 0.6 is 22.9 Å². The maximum absolute atomic E-state index is 9.36. The molecule has 0 unspecified atom stereocenters. The minimum Gasteiger partial charge on any atom is -0.390 e. The van der Waals surface area contributed by atoms with Crippen LogP contribution in [0.25, 0.3) is 10.7 Å². The average molecular weight is 269 g/mol. The molecule has 1 aliphatic heterocycles. The molecule has 0 amide bonds. The second-order valence-electron chi connectivity index (χ2n) is 4.20. The Balaban J connectivity index is 2.13. The zero-order chi connectivity index (χ0) is 11.8. The Bertz CT molecular complexity index is 547. The first-order valence-corrected chi connectivity index (χ1v) is 6.94. The number of hydrogen-bond acceptors (Lipinski definition) is 3. The van der Waals surface area contributed by atoms with Gasteiger partial charge in [-0.15, -0.1) is 11.3 Å². The molecule has 2 aromatic heterocycles. The molecule has 3 heterocycles. The van der Waals surface area contributed by atoms with Crippen LogP contribution in [0.2, 0.25) is 4.34 Å². The van der Waals surface area contributed by atoms with E-state index in [1.807, 2.05) is 12.1 Å². The number of nitrogens with zero attached hydrogens (tertiary/aromatic N) is 2. The number of fused-ring (bicyclic) bond motifs is 1. The Morgan fingerprint density at radius 2 is 2.29 bits per heavy atom. The standard InChI is InChI=1S/C12H13ClN2OS/c13-11-5-4-10(17-11)12-14-8(7-16)9-3-1-2-6-15(9)12/h4-5,16H,1-3,6-7H2. The average Bonchev–Trinajstić information content (AvgIpc) is 2.92. The third-order valence-corrected chi connectivity index (χ3v) is 4.37. The predicted octanol–water partition coefficient (Wildman–Crippen LogP) is 3.09. The fourth-order valence-corrected chi connectivity index (χ4v) is 3.41. The first-order chi connectivity index (χ1) is 8.29. The molecule has 17 heavy (non-hydrogen) atoms. The number of halogens is 1. The molecule has 0 bridgehead atoms. The SMILES string of the molecule is OCc1nc(-c2ccc(Cl)s2)n2c1CCCC2. The molecule has 0 radical (unpaired) electrons. The zero-order valence-corrected chi connectivity index (χ0v) is 10.9. The maximum atomic E-state index is 9.36. The van der Waals surface area contributed by atoms with E-state index in [1.54, 1.807) is 0 Å². The number of rotatable bonds is 2. The summed E-state index contributed by atoms with van der Waals surface area (Å²) >= 11 is 7.50. The minimum absolute atomic E-state index is 0.0223. The summed E-state index contributed by atoms with van der Waals surface area (Å²) in [5, 5.41) is 9.36. The first kappa shape index (κ1) is 11.3. The van der Waals surface area contributed by atoms with Crippen LogP contribution in [0.3, 0.4) is 0 Å². The molecule has 1 aliphatic rings. The fraction of sp³-hybridized carbons (Fsp3) is 0.417. The van der Waals surface area contributed by atoms with E-state index >= 15 is 0 Å². The van der Waals surface area contributed by atoms with Crippen molar-refractivity contribution in [3.63, 3.8) is 0 Å². The topological polar surface area (TPSA) is 38.1 Å². The van der Waals surface area contributed by atoms with Crippen LogP contribution < -0.4 is 0 Å². The van der Waals surface area contributed by atoms with Crippen molar-refractivity contribution in [2.75, 3.05) is 0 Å². The van der Waals surface area contributed by atoms with Crippen molar-refractivity contribution in [3.8, 4) is 10.7 Å². The number of aliphatic hydroxyl groups excluding tert-OH is 1. The number of hydrogen-bond donors (Lipinski definition) is 1. The first-order valence-electron chi connectivity index (χ1n) is 5.74. The van der Waals surface area contributed by atoms with Gasteiger partial charge in [-0.05, 0) is 31.4 Å². The summed E-state index contributed by atoms with van der Waals surface area (Å²) in [6, 6.07) is 3.89. The normalized spacial score (nSPS) is 14.9. The lowest BCUT2D eigenvalue weighted by Crippen LogP contribution is -2.11. The fourth-order valence-electron chi connectivity index (χ4n) is 2.37. The van der Waals surface area contributed by atoms with Gasteiger partial charge in [0.1, 0.15) is 0 Å². The van der Waals surface area contributed by atoms with E-state index in [-0.39, 0.29) is 6.61 Å². The minimum atomic E-state index is 0.0223. The number of thiophene rings is 1. The molecule has 0 aromatic carbocycles. The van der Waals surface area contributed by atoms with E-state index in [9.17, 15) is 5.11 Å². The molecule has 0 aliphatic carbocycles. The van der Waals surface area contributed by atoms with Gasteiger partial charge in [0.2, 0.25) is 0 Å². The molecule has 0 spiro atoms. The molecule has 0 saturated heterocycles. The highest BCUT2D eigenvalue weighted by molar-refractivity contribution is 7.19. The molecule has 0 saturated carbocycles. The highest BCUT2D eigenvalue weighted by Crippen LogP contribution is 2.33. The van der Waals surface area contributed by atoms with Gasteiger partial charge in [-0.2, -0.15) is 0 Å². The summed E-state index contributed by atoms with van der Waals surface area (Å²) in [6.07, 6.45) is 3.38. The van der Waals surface area contributed by atoms with Gasteiger partial charge >= 0.3 is 0 Å². The molecule has 3 nitrogen and oxygen atoms in total. The van der Waals surface area contributed by atoms with Crippen LogP contribution in [0.4, 0.5) is 0 Å². The largest absolute Gasteiger partial charge is 0.390 e. The van der Waals surface area contributed by atoms with Crippen LogP contribution in [0.1, 0.15) is 24.2 Å². The Kier molecular flexibility index (Phi) is 2.94. The predicted molar refractivity (Wildman–Crippen MR) is 69.4 cm³/mol. The van der Waals surface area contributed by atoms with E-state index in [1.165, 1.54) is 29.9 Å². The molecule has 1 N–H and O–H groups in total. The maximum Gasteiger partial charge on any atom is 0.150 e. The summed E-state index contributed by atoms with van der Waals surface area (Å²) in [7, 11) is 0. The van der Waals surface area contributed by atoms with Crippen molar-refractivity contribution in [2.24, 2.45) is 0 Å². The van der Waals surface area contributed by atoms with Gasteiger partial charge in [-0.25, -0.2) is 4.98 Å². The van der Waals surface area contributed by atoms with Crippen LogP contribution in [-0.4, -0.2) is 14.7 Å². The van der Waals surface area contributed by atoms with Gasteiger partial charge in [0, 0.05) is 12.2 Å². The van der Waals surface area contributed by atoms with E-state index in [2.05, 4.69) is 9.55 Å². The van der Waals surface area contributed by atoms with Gasteiger partial charge in [0.05, 0.1) is 21.5 Å². The Morgan fingerprint density at radius 1 is 1.41 bits per heavy atom. The lowest BCUT2D eigenvalue weighted by Gasteiger charge is -2.16. The summed E-state index contributed by atoms with van der Waals surface area (Å²) in [5.74, 6) is 0.959. The lowest BCUT2D eigenvalue weighted by molar-refractivity contribution is 0.275. The van der Waals surface area contributed by atoms with Crippen molar-refractivity contribution in [3.05, 3.63) is 27.9 Å². The molecule has 0 atom stereocenters. The molecular weight excluding hydrogens is 256 g/mol. The van der Waals surface area contributed by atoms with E-state index < -0.39 is 0 Å². The Labute approximate surface area is 109 Å². The summed E-state index contributed by atoms with van der Waals surface area (Å²) in [6.45, 7) is 1.02. The molecule has 90 valence electrons. The van der Waals surface area contributed by atoms with Crippen molar-refractivity contribution in [1.82, 2.24) is 9.55 Å². The second kappa shape index (κ2) is 4.44. The number of imidazole rings is 1. The summed E-state index contributed by atoms with van der Waals surface area (Å²) < 4.78 is 3.01. The van der Waals surface area contributed by atoms with Crippen molar-refractivity contribution >= 4 is 22.9 Å². The van der Waals surface area contributed by atoms with E-state index in [0.29, 0.717) is 0 Å². The molecule has 3 rings (SSSR count). The molecule has 5 heteroatoms. The summed E-state index contributed by atoms with van der Waals surface area (Å²) in [5.41, 5.74) is 2.02. The number of aliphatic hydroxyl groups is 1. The van der Waals surface area contributed by atoms with Gasteiger partial charge < -0.3 is 9.67 Å².